The van der Waals surface area contributed by atoms with E-state index in [-0.39, 0.29) is 10.0 Å². The number of aryl methyl sites for hydroxylation is 1. The number of rotatable bonds is 3. The average Bonchev–Trinajstić information content (AvgIpc) is 2.92. The lowest BCUT2D eigenvalue weighted by atomic mass is 10.2. The van der Waals surface area contributed by atoms with Crippen LogP contribution in [0.3, 0.4) is 0 Å². The highest BCUT2D eigenvalue weighted by Crippen LogP contribution is 2.38. The van der Waals surface area contributed by atoms with E-state index in [1.807, 2.05) is 6.92 Å². The number of nitrogens with one attached hydrogen (secondary N) is 1. The van der Waals surface area contributed by atoms with Crippen LogP contribution in [0.25, 0.3) is 0 Å². The van der Waals surface area contributed by atoms with Gasteiger partial charge in [0, 0.05) is 11.1 Å². The van der Waals surface area contributed by atoms with Gasteiger partial charge in [-0.15, -0.1) is 11.3 Å². The van der Waals surface area contributed by atoms with Gasteiger partial charge in [-0.3, -0.25) is 4.72 Å². The second-order valence-corrected chi connectivity index (χ2v) is 9.83. The van der Waals surface area contributed by atoms with Gasteiger partial charge < -0.3 is 0 Å². The van der Waals surface area contributed by atoms with E-state index < -0.39 is 30.9 Å². The van der Waals surface area contributed by atoms with Crippen LogP contribution in [0.15, 0.2) is 35.4 Å². The van der Waals surface area contributed by atoms with Crippen LogP contribution in [-0.4, -0.2) is 27.6 Å². The molecule has 2 heterocycles. The third-order valence-electron chi connectivity index (χ3n) is 3.20. The monoisotopic (exact) mass is 344 g/mol. The van der Waals surface area contributed by atoms with E-state index in [4.69, 9.17) is 0 Å². The van der Waals surface area contributed by atoms with Gasteiger partial charge in [0.1, 0.15) is 5.25 Å². The first-order chi connectivity index (χ1) is 9.79. The van der Waals surface area contributed by atoms with Crippen molar-refractivity contribution in [1.82, 2.24) is 4.98 Å². The van der Waals surface area contributed by atoms with Crippen molar-refractivity contribution in [3.63, 3.8) is 0 Å². The molecule has 0 saturated heterocycles. The van der Waals surface area contributed by atoms with E-state index in [0.717, 1.165) is 4.88 Å². The number of nitrogens with zero attached hydrogens (tertiary/aromatic N) is 1. The molecule has 1 aromatic heterocycles. The molecule has 1 aliphatic rings. The molecule has 0 aliphatic carbocycles. The molecule has 0 amide bonds. The Morgan fingerprint density at radius 3 is 2.71 bits per heavy atom. The van der Waals surface area contributed by atoms with Gasteiger partial charge in [-0.05, 0) is 18.6 Å². The average molecular weight is 344 g/mol. The molecular formula is C12H12N2O4S3. The highest BCUT2D eigenvalue weighted by Gasteiger charge is 2.42. The number of benzene rings is 1. The summed E-state index contributed by atoms with van der Waals surface area (Å²) in [5, 5.41) is -0.864. The Labute approximate surface area is 126 Å². The maximum absolute atomic E-state index is 12.5. The summed E-state index contributed by atoms with van der Waals surface area (Å²) in [5.74, 6) is -0.438. The van der Waals surface area contributed by atoms with Gasteiger partial charge in [-0.25, -0.2) is 21.8 Å². The van der Waals surface area contributed by atoms with Crippen LogP contribution >= 0.6 is 11.3 Å². The lowest BCUT2D eigenvalue weighted by molar-refractivity contribution is 0.586. The molecule has 0 radical (unpaired) electrons. The minimum atomic E-state index is -3.87. The van der Waals surface area contributed by atoms with Gasteiger partial charge in [0.05, 0.1) is 10.6 Å². The number of hydrogen-bond acceptors (Lipinski definition) is 6. The second-order valence-electron chi connectivity index (χ2n) is 4.73. The third-order valence-corrected chi connectivity index (χ3v) is 7.83. The Balaban J connectivity index is 2.01. The van der Waals surface area contributed by atoms with Gasteiger partial charge in [0.2, 0.25) is 10.0 Å². The number of anilines is 1. The second kappa shape index (κ2) is 4.79. The molecule has 0 fully saturated rings. The van der Waals surface area contributed by atoms with Crippen molar-refractivity contribution in [3.05, 3.63) is 40.9 Å². The van der Waals surface area contributed by atoms with Crippen molar-refractivity contribution in [2.45, 2.75) is 17.1 Å². The quantitative estimate of drug-likeness (QED) is 0.915. The number of hydrogen-bond donors (Lipinski definition) is 1. The molecule has 9 heteroatoms. The minimum Gasteiger partial charge on any atom is -0.258 e. The summed E-state index contributed by atoms with van der Waals surface area (Å²) in [7, 11) is -7.43. The molecule has 1 aliphatic heterocycles. The number of aromatic nitrogens is 1. The normalized spacial score (nSPS) is 20.1. The minimum absolute atomic E-state index is 0.0932. The van der Waals surface area contributed by atoms with Crippen molar-refractivity contribution in [2.24, 2.45) is 0 Å². The van der Waals surface area contributed by atoms with E-state index in [1.54, 1.807) is 18.3 Å². The third kappa shape index (κ3) is 2.56. The first kappa shape index (κ1) is 14.5. The molecule has 1 aromatic carbocycles. The van der Waals surface area contributed by atoms with E-state index in [1.165, 1.54) is 23.5 Å². The predicted molar refractivity (Wildman–Crippen MR) is 80.6 cm³/mol. The Hall–Kier alpha value is -1.45. The summed E-state index contributed by atoms with van der Waals surface area (Å²) in [4.78, 5) is 4.90. The fourth-order valence-corrected chi connectivity index (χ4v) is 7.21. The van der Waals surface area contributed by atoms with Crippen molar-refractivity contribution >= 4 is 36.3 Å². The van der Waals surface area contributed by atoms with Crippen molar-refractivity contribution < 1.29 is 16.8 Å². The fourth-order valence-electron chi connectivity index (χ4n) is 2.26. The summed E-state index contributed by atoms with van der Waals surface area (Å²) in [6, 6.07) is 6.20. The van der Waals surface area contributed by atoms with Crippen LogP contribution in [0.5, 0.6) is 0 Å². The van der Waals surface area contributed by atoms with Crippen LogP contribution in [0.2, 0.25) is 0 Å². The summed E-state index contributed by atoms with van der Waals surface area (Å²) < 4.78 is 51.4. The molecule has 1 unspecified atom stereocenters. The molecule has 1 atom stereocenters. The highest BCUT2D eigenvalue weighted by atomic mass is 32.2. The first-order valence-electron chi connectivity index (χ1n) is 6.05. The maximum Gasteiger partial charge on any atom is 0.242 e. The summed E-state index contributed by atoms with van der Waals surface area (Å²) >= 11 is 1.20. The lowest BCUT2D eigenvalue weighted by Crippen LogP contribution is -2.22. The summed E-state index contributed by atoms with van der Waals surface area (Å²) in [5.41, 5.74) is 0.318. The molecule has 0 saturated carbocycles. The molecule has 0 bridgehead atoms. The van der Waals surface area contributed by atoms with Gasteiger partial charge in [0.25, 0.3) is 0 Å². The zero-order valence-corrected chi connectivity index (χ0v) is 13.4. The zero-order valence-electron chi connectivity index (χ0n) is 11.0. The van der Waals surface area contributed by atoms with Crippen molar-refractivity contribution in [1.29, 1.82) is 0 Å². The number of sulfonamides is 1. The van der Waals surface area contributed by atoms with Crippen molar-refractivity contribution in [3.8, 4) is 0 Å². The van der Waals surface area contributed by atoms with E-state index >= 15 is 0 Å². The Bertz CT molecular complexity index is 900. The van der Waals surface area contributed by atoms with Crippen molar-refractivity contribution in [2.75, 3.05) is 10.5 Å². The molecule has 1 N–H and O–H groups in total. The Morgan fingerprint density at radius 1 is 1.33 bits per heavy atom. The summed E-state index contributed by atoms with van der Waals surface area (Å²) in [6.45, 7) is 1.81. The Kier molecular flexibility index (Phi) is 3.30. The topological polar surface area (TPSA) is 93.2 Å². The number of fused-ring (bicyclic) bond motifs is 1. The van der Waals surface area contributed by atoms with Crippen LogP contribution < -0.4 is 4.72 Å². The largest absolute Gasteiger partial charge is 0.258 e. The zero-order chi connectivity index (χ0) is 15.3. The number of sulfone groups is 1. The number of thiazole rings is 1. The van der Waals surface area contributed by atoms with Crippen LogP contribution in [0.1, 0.15) is 15.7 Å². The molecule has 2 aromatic rings. The molecule has 112 valence electrons. The summed E-state index contributed by atoms with van der Waals surface area (Å²) in [6.07, 6.45) is 1.56. The molecule has 0 spiro atoms. The molecule has 3 rings (SSSR count). The maximum atomic E-state index is 12.5. The SMILES string of the molecule is Cc1cnc(NS(=O)(=O)C2CS(=O)(=O)c3ccccc32)s1. The molecular weight excluding hydrogens is 332 g/mol. The Morgan fingerprint density at radius 2 is 2.05 bits per heavy atom. The van der Waals surface area contributed by atoms with Gasteiger partial charge >= 0.3 is 0 Å². The van der Waals surface area contributed by atoms with E-state index in [0.29, 0.717) is 5.56 Å². The predicted octanol–water partition coefficient (Wildman–Crippen LogP) is 1.72. The van der Waals surface area contributed by atoms with E-state index in [2.05, 4.69) is 9.71 Å². The van der Waals surface area contributed by atoms with Gasteiger partial charge in [0.15, 0.2) is 15.0 Å². The van der Waals surface area contributed by atoms with E-state index in [9.17, 15) is 16.8 Å². The van der Waals surface area contributed by atoms with Gasteiger partial charge in [-0.1, -0.05) is 18.2 Å². The highest BCUT2D eigenvalue weighted by molar-refractivity contribution is 7.97. The van der Waals surface area contributed by atoms with Gasteiger partial charge in [-0.2, -0.15) is 0 Å². The first-order valence-corrected chi connectivity index (χ1v) is 10.1. The molecule has 6 nitrogen and oxygen atoms in total. The van der Waals surface area contributed by atoms with Crippen LogP contribution in [0.4, 0.5) is 5.13 Å². The molecule has 21 heavy (non-hydrogen) atoms. The van der Waals surface area contributed by atoms with Crippen LogP contribution in [-0.2, 0) is 19.9 Å². The fraction of sp³-hybridized carbons (Fsp3) is 0.250. The standard InChI is InChI=1S/C12H12N2O4S3/c1-8-6-13-12(19-8)14-21(17,18)11-7-20(15,16)10-5-3-2-4-9(10)11/h2-6,11H,7H2,1H3,(H,13,14). The smallest absolute Gasteiger partial charge is 0.242 e. The lowest BCUT2D eigenvalue weighted by Gasteiger charge is -2.11. The van der Waals surface area contributed by atoms with Crippen LogP contribution in [0, 0.1) is 6.92 Å².